The lowest BCUT2D eigenvalue weighted by Gasteiger charge is -2.29. The number of fused-ring (bicyclic) bond motifs is 1. The van der Waals surface area contributed by atoms with Gasteiger partial charge in [0.05, 0.1) is 23.5 Å². The van der Waals surface area contributed by atoms with E-state index in [0.29, 0.717) is 11.3 Å². The summed E-state index contributed by atoms with van der Waals surface area (Å²) in [6.07, 6.45) is 1.67. The molecule has 116 valence electrons. The maximum absolute atomic E-state index is 13.9. The predicted octanol–water partition coefficient (Wildman–Crippen LogP) is 4.20. The molecule has 1 aromatic heterocycles. The van der Waals surface area contributed by atoms with Crippen molar-refractivity contribution in [2.24, 2.45) is 0 Å². The summed E-state index contributed by atoms with van der Waals surface area (Å²) in [5, 5.41) is 13.6. The number of nitriles is 1. The number of anilines is 1. The van der Waals surface area contributed by atoms with Gasteiger partial charge in [0.2, 0.25) is 0 Å². The second-order valence-electron chi connectivity index (χ2n) is 5.82. The molecule has 0 bridgehead atoms. The number of nitrogens with one attached hydrogen (secondary N) is 1. The van der Waals surface area contributed by atoms with Crippen LogP contribution in [0, 0.1) is 17.1 Å². The number of hydrogen-bond acceptors (Lipinski definition) is 3. The SMILES string of the molecule is N#C[C@]1(c2cccc(F)c2)c2ncccc2N[C@@H]1c1ccccc1. The maximum atomic E-state index is 13.9. The Morgan fingerprint density at radius 2 is 1.88 bits per heavy atom. The number of rotatable bonds is 2. The Kier molecular flexibility index (Phi) is 3.28. The van der Waals surface area contributed by atoms with E-state index < -0.39 is 5.41 Å². The standard InChI is InChI=1S/C20H14FN3/c21-16-9-4-8-15(12-16)20(13-22)18(14-6-2-1-3-7-14)24-17-10-5-11-23-19(17)20/h1-12,18,24H/t18-,20-/m1/s1. The zero-order valence-corrected chi connectivity index (χ0v) is 12.8. The lowest BCUT2D eigenvalue weighted by atomic mass is 9.72. The van der Waals surface area contributed by atoms with E-state index in [9.17, 15) is 9.65 Å². The first-order valence-corrected chi connectivity index (χ1v) is 7.70. The van der Waals surface area contributed by atoms with Crippen molar-refractivity contribution in [3.8, 4) is 6.07 Å². The maximum Gasteiger partial charge on any atom is 0.150 e. The average Bonchev–Trinajstić information content (AvgIpc) is 2.98. The molecule has 4 heteroatoms. The molecule has 0 amide bonds. The van der Waals surface area contributed by atoms with Gasteiger partial charge in [-0.1, -0.05) is 42.5 Å². The van der Waals surface area contributed by atoms with Gasteiger partial charge in [0.25, 0.3) is 0 Å². The highest BCUT2D eigenvalue weighted by molar-refractivity contribution is 5.68. The Bertz CT molecular complexity index is 933. The Morgan fingerprint density at radius 3 is 2.62 bits per heavy atom. The molecule has 3 nitrogen and oxygen atoms in total. The third-order valence-electron chi connectivity index (χ3n) is 4.50. The molecule has 3 aromatic rings. The van der Waals surface area contributed by atoms with Crippen LogP contribution in [0.3, 0.4) is 0 Å². The summed E-state index contributed by atoms with van der Waals surface area (Å²) in [5.74, 6) is -0.363. The van der Waals surface area contributed by atoms with Gasteiger partial charge >= 0.3 is 0 Å². The van der Waals surface area contributed by atoms with Crippen LogP contribution in [0.15, 0.2) is 72.9 Å². The van der Waals surface area contributed by atoms with Gasteiger partial charge in [0.1, 0.15) is 5.82 Å². The molecule has 4 rings (SSSR count). The molecule has 0 radical (unpaired) electrons. The third-order valence-corrected chi connectivity index (χ3v) is 4.50. The molecule has 1 aliphatic heterocycles. The van der Waals surface area contributed by atoms with E-state index in [0.717, 1.165) is 11.3 Å². The normalized spacial score (nSPS) is 21.6. The van der Waals surface area contributed by atoms with Gasteiger partial charge in [-0.05, 0) is 35.4 Å². The Morgan fingerprint density at radius 1 is 1.04 bits per heavy atom. The molecule has 1 aliphatic rings. The van der Waals surface area contributed by atoms with Gasteiger partial charge in [0.15, 0.2) is 5.41 Å². The fourth-order valence-corrected chi connectivity index (χ4v) is 3.43. The molecule has 2 atom stereocenters. The van der Waals surface area contributed by atoms with E-state index in [4.69, 9.17) is 0 Å². The van der Waals surface area contributed by atoms with Crippen LogP contribution in [0.25, 0.3) is 0 Å². The second-order valence-corrected chi connectivity index (χ2v) is 5.82. The first-order chi connectivity index (χ1) is 11.8. The second kappa shape index (κ2) is 5.47. The topological polar surface area (TPSA) is 48.7 Å². The molecule has 0 saturated carbocycles. The number of hydrogen-bond donors (Lipinski definition) is 1. The number of pyridine rings is 1. The number of halogens is 1. The molecule has 2 aromatic carbocycles. The van der Waals surface area contributed by atoms with Crippen LogP contribution in [-0.2, 0) is 5.41 Å². The van der Waals surface area contributed by atoms with E-state index in [1.54, 1.807) is 18.3 Å². The molecule has 1 N–H and O–H groups in total. The van der Waals surface area contributed by atoms with E-state index in [-0.39, 0.29) is 11.9 Å². The van der Waals surface area contributed by atoms with Gasteiger partial charge in [-0.15, -0.1) is 0 Å². The lowest BCUT2D eigenvalue weighted by Crippen LogP contribution is -2.33. The minimum atomic E-state index is -1.08. The van der Waals surface area contributed by atoms with Gasteiger partial charge in [0, 0.05) is 6.20 Å². The lowest BCUT2D eigenvalue weighted by molar-refractivity contribution is 0.563. The quantitative estimate of drug-likeness (QED) is 0.771. The number of nitrogens with zero attached hydrogens (tertiary/aromatic N) is 2. The van der Waals surface area contributed by atoms with Crippen LogP contribution in [0.1, 0.15) is 22.9 Å². The Labute approximate surface area is 139 Å². The van der Waals surface area contributed by atoms with Crippen LogP contribution in [0.5, 0.6) is 0 Å². The van der Waals surface area contributed by atoms with Crippen molar-refractivity contribution in [3.05, 3.63) is 95.6 Å². The highest BCUT2D eigenvalue weighted by Gasteiger charge is 2.51. The Balaban J connectivity index is 2.01. The molecule has 0 unspecified atom stereocenters. The first kappa shape index (κ1) is 14.4. The van der Waals surface area contributed by atoms with E-state index in [1.807, 2.05) is 42.5 Å². The molecular formula is C20H14FN3. The molecule has 2 heterocycles. The van der Waals surface area contributed by atoms with E-state index >= 15 is 0 Å². The predicted molar refractivity (Wildman–Crippen MR) is 89.8 cm³/mol. The van der Waals surface area contributed by atoms with Crippen LogP contribution in [0.2, 0.25) is 0 Å². The zero-order valence-electron chi connectivity index (χ0n) is 12.8. The van der Waals surface area contributed by atoms with Crippen molar-refractivity contribution in [2.75, 3.05) is 5.32 Å². The van der Waals surface area contributed by atoms with Crippen LogP contribution >= 0.6 is 0 Å². The molecule has 0 spiro atoms. The molecular weight excluding hydrogens is 301 g/mol. The first-order valence-electron chi connectivity index (χ1n) is 7.70. The van der Waals surface area contributed by atoms with Crippen LogP contribution in [0.4, 0.5) is 10.1 Å². The largest absolute Gasteiger partial charge is 0.374 e. The average molecular weight is 315 g/mol. The monoisotopic (exact) mass is 315 g/mol. The van der Waals surface area contributed by atoms with Crippen molar-refractivity contribution >= 4 is 5.69 Å². The number of aromatic nitrogens is 1. The van der Waals surface area contributed by atoms with Gasteiger partial charge in [-0.2, -0.15) is 5.26 Å². The summed E-state index contributed by atoms with van der Waals surface area (Å²) in [4.78, 5) is 4.46. The fourth-order valence-electron chi connectivity index (χ4n) is 3.43. The summed E-state index contributed by atoms with van der Waals surface area (Å²) >= 11 is 0. The van der Waals surface area contributed by atoms with Crippen molar-refractivity contribution in [2.45, 2.75) is 11.5 Å². The molecule has 0 aliphatic carbocycles. The minimum absolute atomic E-state index is 0.338. The smallest absolute Gasteiger partial charge is 0.150 e. The van der Waals surface area contributed by atoms with Crippen molar-refractivity contribution in [3.63, 3.8) is 0 Å². The highest BCUT2D eigenvalue weighted by Crippen LogP contribution is 2.51. The van der Waals surface area contributed by atoms with Crippen LogP contribution in [-0.4, -0.2) is 4.98 Å². The molecule has 0 fully saturated rings. The van der Waals surface area contributed by atoms with Gasteiger partial charge < -0.3 is 5.32 Å². The fraction of sp³-hybridized carbons (Fsp3) is 0.100. The van der Waals surface area contributed by atoms with Crippen molar-refractivity contribution in [1.29, 1.82) is 5.26 Å². The highest BCUT2D eigenvalue weighted by atomic mass is 19.1. The van der Waals surface area contributed by atoms with Crippen LogP contribution < -0.4 is 5.32 Å². The molecule has 24 heavy (non-hydrogen) atoms. The summed E-state index contributed by atoms with van der Waals surface area (Å²) in [7, 11) is 0. The summed E-state index contributed by atoms with van der Waals surface area (Å²) < 4.78 is 13.9. The zero-order chi connectivity index (χ0) is 16.6. The third kappa shape index (κ3) is 1.99. The minimum Gasteiger partial charge on any atom is -0.374 e. The van der Waals surface area contributed by atoms with E-state index in [2.05, 4.69) is 16.4 Å². The molecule has 0 saturated heterocycles. The summed E-state index contributed by atoms with van der Waals surface area (Å²) in [5.41, 5.74) is 1.91. The number of benzene rings is 2. The summed E-state index contributed by atoms with van der Waals surface area (Å²) in [6.45, 7) is 0. The van der Waals surface area contributed by atoms with Gasteiger partial charge in [-0.25, -0.2) is 4.39 Å². The van der Waals surface area contributed by atoms with Crippen molar-refractivity contribution < 1.29 is 4.39 Å². The van der Waals surface area contributed by atoms with Crippen molar-refractivity contribution in [1.82, 2.24) is 4.98 Å². The van der Waals surface area contributed by atoms with E-state index in [1.165, 1.54) is 12.1 Å². The summed E-state index contributed by atoms with van der Waals surface area (Å²) in [6, 6.07) is 21.8. The Hall–Kier alpha value is -3.19. The van der Waals surface area contributed by atoms with Gasteiger partial charge in [-0.3, -0.25) is 4.98 Å².